The zero-order valence-electron chi connectivity index (χ0n) is 14.7. The number of anilines is 1. The van der Waals surface area contributed by atoms with Crippen molar-refractivity contribution in [3.05, 3.63) is 53.9 Å². The lowest BCUT2D eigenvalue weighted by Crippen LogP contribution is -2.38. The molecular formula is C20H21N3O3. The zero-order valence-corrected chi connectivity index (χ0v) is 14.7. The van der Waals surface area contributed by atoms with Crippen LogP contribution in [0.5, 0.6) is 0 Å². The van der Waals surface area contributed by atoms with Crippen LogP contribution >= 0.6 is 0 Å². The molecule has 1 aromatic heterocycles. The van der Waals surface area contributed by atoms with Gasteiger partial charge in [0.2, 0.25) is 0 Å². The molecule has 0 bridgehead atoms. The Labute approximate surface area is 152 Å². The summed E-state index contributed by atoms with van der Waals surface area (Å²) in [6.45, 7) is 3.51. The first-order chi connectivity index (χ1) is 12.8. The summed E-state index contributed by atoms with van der Waals surface area (Å²) in [4.78, 5) is 20.7. The average Bonchev–Trinajstić information content (AvgIpc) is 2.73. The van der Waals surface area contributed by atoms with E-state index in [0.29, 0.717) is 19.8 Å². The number of morpholine rings is 1. The van der Waals surface area contributed by atoms with Gasteiger partial charge in [0.25, 0.3) is 0 Å². The number of fused-ring (bicyclic) bond motifs is 1. The molecule has 0 atom stereocenters. The normalized spacial score (nSPS) is 16.3. The number of hydrogen-bond acceptors (Lipinski definition) is 5. The predicted octanol–water partition coefficient (Wildman–Crippen LogP) is 3.14. The number of ether oxygens (including phenoxy) is 2. The van der Waals surface area contributed by atoms with Crippen LogP contribution in [0.15, 0.2) is 42.6 Å². The molecule has 1 amide bonds. The Morgan fingerprint density at radius 3 is 2.69 bits per heavy atom. The van der Waals surface area contributed by atoms with Crippen molar-refractivity contribution in [2.75, 3.05) is 38.3 Å². The fraction of sp³-hybridized carbons (Fsp3) is 0.300. The maximum absolute atomic E-state index is 12.0. The number of aromatic nitrogens is 1. The third kappa shape index (κ3) is 3.15. The van der Waals surface area contributed by atoms with Gasteiger partial charge in [-0.25, -0.2) is 9.78 Å². The molecule has 2 aromatic rings. The van der Waals surface area contributed by atoms with Gasteiger partial charge in [-0.3, -0.25) is 4.90 Å². The van der Waals surface area contributed by atoms with Gasteiger partial charge in [0, 0.05) is 36.1 Å². The monoisotopic (exact) mass is 351 g/mol. The Hall–Kier alpha value is -2.86. The molecule has 6 heteroatoms. The summed E-state index contributed by atoms with van der Waals surface area (Å²) in [6.07, 6.45) is 3.25. The van der Waals surface area contributed by atoms with E-state index in [-0.39, 0.29) is 6.09 Å². The fourth-order valence-electron chi connectivity index (χ4n) is 3.35. The van der Waals surface area contributed by atoms with E-state index in [4.69, 9.17) is 14.5 Å². The van der Waals surface area contributed by atoms with E-state index in [1.165, 1.54) is 7.11 Å². The molecule has 0 unspecified atom stereocenters. The highest BCUT2D eigenvalue weighted by Gasteiger charge is 2.25. The van der Waals surface area contributed by atoms with Gasteiger partial charge in [0.15, 0.2) is 0 Å². The summed E-state index contributed by atoms with van der Waals surface area (Å²) in [7, 11) is 1.39. The number of hydrogen-bond donors (Lipinski definition) is 0. The molecule has 3 heterocycles. The molecule has 1 fully saturated rings. The number of pyridine rings is 1. The first-order valence-electron chi connectivity index (χ1n) is 8.71. The highest BCUT2D eigenvalue weighted by molar-refractivity contribution is 5.77. The van der Waals surface area contributed by atoms with Crippen molar-refractivity contribution in [3.63, 3.8) is 0 Å². The van der Waals surface area contributed by atoms with Crippen molar-refractivity contribution < 1.29 is 14.3 Å². The van der Waals surface area contributed by atoms with E-state index >= 15 is 0 Å². The Morgan fingerprint density at radius 2 is 1.96 bits per heavy atom. The number of carbonyl (C=O) groups is 1. The van der Waals surface area contributed by atoms with Gasteiger partial charge >= 0.3 is 6.09 Å². The highest BCUT2D eigenvalue weighted by atomic mass is 16.5. The van der Waals surface area contributed by atoms with Crippen LogP contribution in [-0.2, 0) is 16.0 Å². The Bertz CT molecular complexity index is 830. The number of benzene rings is 1. The van der Waals surface area contributed by atoms with E-state index in [1.54, 1.807) is 11.1 Å². The van der Waals surface area contributed by atoms with Crippen molar-refractivity contribution in [1.29, 1.82) is 0 Å². The van der Waals surface area contributed by atoms with Gasteiger partial charge in [-0.2, -0.15) is 0 Å². The van der Waals surface area contributed by atoms with Gasteiger partial charge in [-0.1, -0.05) is 30.3 Å². The topological polar surface area (TPSA) is 54.9 Å². The second kappa shape index (κ2) is 7.17. The minimum absolute atomic E-state index is 0.369. The van der Waals surface area contributed by atoms with Crippen molar-refractivity contribution in [3.8, 4) is 11.3 Å². The van der Waals surface area contributed by atoms with Crippen molar-refractivity contribution in [2.45, 2.75) is 6.54 Å². The second-order valence-electron chi connectivity index (χ2n) is 6.27. The molecule has 0 radical (unpaired) electrons. The van der Waals surface area contributed by atoms with Gasteiger partial charge < -0.3 is 14.4 Å². The Morgan fingerprint density at radius 1 is 1.19 bits per heavy atom. The maximum atomic E-state index is 12.0. The standard InChI is InChI=1S/C20H21N3O3/c1-25-20(24)23-8-7-17-16(14-23)19(22-9-11-26-12-10-22)13-18(21-17)15-5-3-2-4-6-15/h2-8,13H,9-12,14H2,1H3. The molecular weight excluding hydrogens is 330 g/mol. The first-order valence-corrected chi connectivity index (χ1v) is 8.71. The summed E-state index contributed by atoms with van der Waals surface area (Å²) < 4.78 is 10.4. The second-order valence-corrected chi connectivity index (χ2v) is 6.27. The quantitative estimate of drug-likeness (QED) is 0.832. The third-order valence-corrected chi connectivity index (χ3v) is 4.70. The van der Waals surface area contributed by atoms with Crippen LogP contribution in [0.4, 0.5) is 10.5 Å². The lowest BCUT2D eigenvalue weighted by atomic mass is 10.0. The van der Waals surface area contributed by atoms with E-state index in [9.17, 15) is 4.79 Å². The van der Waals surface area contributed by atoms with Crippen LogP contribution in [0.2, 0.25) is 0 Å². The van der Waals surface area contributed by atoms with Crippen LogP contribution in [0, 0.1) is 0 Å². The number of nitrogens with zero attached hydrogens (tertiary/aromatic N) is 3. The van der Waals surface area contributed by atoms with Crippen molar-refractivity contribution in [2.24, 2.45) is 0 Å². The maximum Gasteiger partial charge on any atom is 0.413 e. The smallest absolute Gasteiger partial charge is 0.413 e. The number of rotatable bonds is 2. The summed E-state index contributed by atoms with van der Waals surface area (Å²) >= 11 is 0. The van der Waals surface area contributed by atoms with Crippen molar-refractivity contribution in [1.82, 2.24) is 9.88 Å². The third-order valence-electron chi connectivity index (χ3n) is 4.70. The SMILES string of the molecule is COC(=O)N1C=Cc2nc(-c3ccccc3)cc(N3CCOCC3)c2C1. The predicted molar refractivity (Wildman–Crippen MR) is 99.7 cm³/mol. The molecule has 2 aliphatic heterocycles. The molecule has 1 saturated heterocycles. The summed E-state index contributed by atoms with van der Waals surface area (Å²) in [5.74, 6) is 0. The molecule has 26 heavy (non-hydrogen) atoms. The van der Waals surface area contributed by atoms with E-state index < -0.39 is 0 Å². The fourth-order valence-corrected chi connectivity index (χ4v) is 3.35. The molecule has 0 aliphatic carbocycles. The lowest BCUT2D eigenvalue weighted by molar-refractivity contribution is 0.122. The number of methoxy groups -OCH3 is 1. The minimum atomic E-state index is -0.369. The highest BCUT2D eigenvalue weighted by Crippen LogP contribution is 2.33. The molecule has 134 valence electrons. The summed E-state index contributed by atoms with van der Waals surface area (Å²) in [5.41, 5.74) is 5.05. The Kier molecular flexibility index (Phi) is 4.58. The molecule has 2 aliphatic rings. The molecule has 0 spiro atoms. The van der Waals surface area contributed by atoms with Crippen molar-refractivity contribution >= 4 is 17.9 Å². The minimum Gasteiger partial charge on any atom is -0.452 e. The van der Waals surface area contributed by atoms with Gasteiger partial charge in [0.1, 0.15) is 0 Å². The van der Waals surface area contributed by atoms with Crippen LogP contribution in [-0.4, -0.2) is 49.4 Å². The van der Waals surface area contributed by atoms with Crippen LogP contribution in [0.25, 0.3) is 17.3 Å². The van der Waals surface area contributed by atoms with Crippen LogP contribution < -0.4 is 4.90 Å². The number of amides is 1. The molecule has 1 aromatic carbocycles. The summed E-state index contributed by atoms with van der Waals surface area (Å²) in [6, 6.07) is 12.3. The first kappa shape index (κ1) is 16.6. The Balaban J connectivity index is 1.79. The number of carbonyl (C=O) groups excluding carboxylic acids is 1. The van der Waals surface area contributed by atoms with E-state index in [2.05, 4.69) is 23.1 Å². The molecule has 0 saturated carbocycles. The van der Waals surface area contributed by atoms with Crippen LogP contribution in [0.1, 0.15) is 11.3 Å². The van der Waals surface area contributed by atoms with E-state index in [1.807, 2.05) is 24.3 Å². The van der Waals surface area contributed by atoms with Crippen LogP contribution in [0.3, 0.4) is 0 Å². The van der Waals surface area contributed by atoms with Gasteiger partial charge in [0.05, 0.1) is 38.3 Å². The largest absolute Gasteiger partial charge is 0.452 e. The molecule has 6 nitrogen and oxygen atoms in total. The molecule has 0 N–H and O–H groups in total. The van der Waals surface area contributed by atoms with E-state index in [0.717, 1.165) is 41.3 Å². The molecule has 4 rings (SSSR count). The zero-order chi connectivity index (χ0) is 17.9. The van der Waals surface area contributed by atoms with Gasteiger partial charge in [-0.05, 0) is 12.1 Å². The summed E-state index contributed by atoms with van der Waals surface area (Å²) in [5, 5.41) is 0. The lowest BCUT2D eigenvalue weighted by Gasteiger charge is -2.33. The van der Waals surface area contributed by atoms with Gasteiger partial charge in [-0.15, -0.1) is 0 Å². The average molecular weight is 351 g/mol.